The van der Waals surface area contributed by atoms with E-state index in [-0.39, 0.29) is 0 Å². The van der Waals surface area contributed by atoms with Crippen molar-refractivity contribution < 1.29 is 0 Å². The van der Waals surface area contributed by atoms with Gasteiger partial charge in [-0.15, -0.1) is 0 Å². The van der Waals surface area contributed by atoms with Crippen LogP contribution >= 0.6 is 0 Å². The molecule has 2 rings (SSSR count). The molecule has 1 aliphatic carbocycles. The van der Waals surface area contributed by atoms with Gasteiger partial charge < -0.3 is 0 Å². The Morgan fingerprint density at radius 1 is 1.17 bits per heavy atom. The van der Waals surface area contributed by atoms with Gasteiger partial charge >= 0.3 is 0 Å². The van der Waals surface area contributed by atoms with Crippen LogP contribution in [0.15, 0.2) is 36.4 Å². The van der Waals surface area contributed by atoms with Crippen molar-refractivity contribution in [3.05, 3.63) is 47.5 Å². The lowest BCUT2D eigenvalue weighted by Gasteiger charge is -2.27. The number of nitriles is 1. The molecule has 0 unspecified atom stereocenters. The summed E-state index contributed by atoms with van der Waals surface area (Å²) >= 11 is 0. The summed E-state index contributed by atoms with van der Waals surface area (Å²) in [6.45, 7) is 2.19. The molecule has 0 amide bonds. The quantitative estimate of drug-likeness (QED) is 0.695. The first kappa shape index (κ1) is 12.9. The van der Waals surface area contributed by atoms with Crippen molar-refractivity contribution in [2.45, 2.75) is 44.9 Å². The molecule has 0 saturated heterocycles. The van der Waals surface area contributed by atoms with Gasteiger partial charge in [0.2, 0.25) is 0 Å². The van der Waals surface area contributed by atoms with Gasteiger partial charge in [-0.25, -0.2) is 0 Å². The minimum absolute atomic E-state index is 0.698. The first-order valence-corrected chi connectivity index (χ1v) is 7.00. The molecule has 0 radical (unpaired) electrons. The molecule has 0 aliphatic heterocycles. The molecule has 1 nitrogen and oxygen atoms in total. The second kappa shape index (κ2) is 6.40. The van der Waals surface area contributed by atoms with Crippen LogP contribution in [0.3, 0.4) is 0 Å². The molecule has 94 valence electrons. The smallest absolute Gasteiger partial charge is 0.0991 e. The molecule has 0 atom stereocenters. The molecule has 0 heterocycles. The molecule has 1 heteroatoms. The first-order valence-electron chi connectivity index (χ1n) is 7.00. The lowest BCUT2D eigenvalue weighted by molar-refractivity contribution is 0.375. The van der Waals surface area contributed by atoms with Crippen molar-refractivity contribution in [1.82, 2.24) is 0 Å². The maximum Gasteiger partial charge on any atom is 0.0991 e. The number of allylic oxidation sites excluding steroid dienone is 2. The Kier molecular flexibility index (Phi) is 4.59. The first-order chi connectivity index (χ1) is 8.83. The Labute approximate surface area is 110 Å². The van der Waals surface area contributed by atoms with E-state index in [0.29, 0.717) is 5.92 Å². The van der Waals surface area contributed by atoms with Crippen LogP contribution in [0.2, 0.25) is 0 Å². The highest BCUT2D eigenvalue weighted by atomic mass is 14.3. The van der Waals surface area contributed by atoms with Gasteiger partial charge in [-0.2, -0.15) is 5.26 Å². The second-order valence-electron chi connectivity index (χ2n) is 5.18. The molecule has 0 bridgehead atoms. The molecular weight excluding hydrogens is 218 g/mol. The second-order valence-corrected chi connectivity index (χ2v) is 5.18. The maximum absolute atomic E-state index is 8.80. The van der Waals surface area contributed by atoms with Gasteiger partial charge in [0.25, 0.3) is 0 Å². The monoisotopic (exact) mass is 239 g/mol. The zero-order valence-electron chi connectivity index (χ0n) is 11.1. The van der Waals surface area contributed by atoms with E-state index >= 15 is 0 Å². The summed E-state index contributed by atoms with van der Waals surface area (Å²) in [5.41, 5.74) is 2.17. The van der Waals surface area contributed by atoms with E-state index < -0.39 is 0 Å². The fourth-order valence-electron chi connectivity index (χ4n) is 2.80. The Balaban J connectivity index is 1.93. The molecule has 0 aromatic heterocycles. The minimum atomic E-state index is 0.698. The number of hydrogen-bond donors (Lipinski definition) is 0. The van der Waals surface area contributed by atoms with Crippen LogP contribution in [-0.4, -0.2) is 0 Å². The number of nitrogens with zero attached hydrogens (tertiary/aromatic N) is 1. The van der Waals surface area contributed by atoms with E-state index in [1.165, 1.54) is 31.2 Å². The molecule has 1 saturated carbocycles. The Hall–Kier alpha value is -1.55. The molecule has 1 aliphatic rings. The van der Waals surface area contributed by atoms with E-state index in [1.54, 1.807) is 0 Å². The van der Waals surface area contributed by atoms with Gasteiger partial charge in [-0.05, 0) is 61.6 Å². The summed E-state index contributed by atoms with van der Waals surface area (Å²) in [5.74, 6) is 1.49. The van der Waals surface area contributed by atoms with Gasteiger partial charge in [-0.1, -0.05) is 31.2 Å². The highest BCUT2D eigenvalue weighted by molar-refractivity contribution is 5.33. The number of benzene rings is 1. The largest absolute Gasteiger partial charge is 0.192 e. The topological polar surface area (TPSA) is 23.8 Å². The Bertz CT molecular complexity index is 428. The van der Waals surface area contributed by atoms with E-state index in [9.17, 15) is 0 Å². The van der Waals surface area contributed by atoms with Crippen LogP contribution in [0.1, 0.15) is 56.1 Å². The summed E-state index contributed by atoms with van der Waals surface area (Å²) in [7, 11) is 0. The van der Waals surface area contributed by atoms with Crippen molar-refractivity contribution in [2.24, 2.45) is 5.92 Å². The zero-order chi connectivity index (χ0) is 12.8. The van der Waals surface area contributed by atoms with E-state index in [4.69, 9.17) is 5.26 Å². The minimum Gasteiger partial charge on any atom is -0.192 e. The van der Waals surface area contributed by atoms with Crippen LogP contribution < -0.4 is 0 Å². The van der Waals surface area contributed by atoms with Crippen LogP contribution in [-0.2, 0) is 0 Å². The van der Waals surface area contributed by atoms with Crippen LogP contribution in [0.4, 0.5) is 0 Å². The Morgan fingerprint density at radius 2 is 1.83 bits per heavy atom. The van der Waals surface area contributed by atoms with Crippen LogP contribution in [0, 0.1) is 17.2 Å². The predicted octanol–water partition coefficient (Wildman–Crippen LogP) is 4.80. The molecular formula is C17H21N. The average Bonchev–Trinajstić information content (AvgIpc) is 2.46. The summed E-state index contributed by atoms with van der Waals surface area (Å²) in [6, 6.07) is 10.3. The summed E-state index contributed by atoms with van der Waals surface area (Å²) < 4.78 is 0. The lowest BCUT2D eigenvalue weighted by Crippen LogP contribution is -2.11. The highest BCUT2D eigenvalue weighted by Gasteiger charge is 2.20. The third kappa shape index (κ3) is 3.23. The standard InChI is InChI=1S/C17H21N/c1-2-3-4-14-5-9-16(10-6-14)17-11-7-15(13-18)8-12-17/h3-4,7-8,11-12,14,16H,2,5-6,9-10H2,1H3. The predicted molar refractivity (Wildman–Crippen MR) is 75.3 cm³/mol. The van der Waals surface area contributed by atoms with Crippen molar-refractivity contribution in [3.63, 3.8) is 0 Å². The van der Waals surface area contributed by atoms with E-state index in [1.807, 2.05) is 12.1 Å². The van der Waals surface area contributed by atoms with Gasteiger partial charge in [0, 0.05) is 0 Å². The zero-order valence-corrected chi connectivity index (χ0v) is 11.1. The van der Waals surface area contributed by atoms with E-state index in [0.717, 1.165) is 17.9 Å². The van der Waals surface area contributed by atoms with Gasteiger partial charge in [0.15, 0.2) is 0 Å². The van der Waals surface area contributed by atoms with Crippen molar-refractivity contribution in [3.8, 4) is 6.07 Å². The summed E-state index contributed by atoms with van der Waals surface area (Å²) in [6.07, 6.45) is 11.0. The fraction of sp³-hybridized carbons (Fsp3) is 0.471. The molecule has 18 heavy (non-hydrogen) atoms. The maximum atomic E-state index is 8.80. The van der Waals surface area contributed by atoms with Gasteiger partial charge in [0.1, 0.15) is 0 Å². The Morgan fingerprint density at radius 3 is 2.39 bits per heavy atom. The molecule has 0 N–H and O–H groups in total. The average molecular weight is 239 g/mol. The normalized spacial score (nSPS) is 24.0. The highest BCUT2D eigenvalue weighted by Crippen LogP contribution is 2.36. The lowest BCUT2D eigenvalue weighted by atomic mass is 9.78. The van der Waals surface area contributed by atoms with Gasteiger partial charge in [0.05, 0.1) is 11.6 Å². The van der Waals surface area contributed by atoms with Crippen molar-refractivity contribution >= 4 is 0 Å². The van der Waals surface area contributed by atoms with Gasteiger partial charge in [-0.3, -0.25) is 0 Å². The fourth-order valence-corrected chi connectivity index (χ4v) is 2.80. The van der Waals surface area contributed by atoms with Crippen LogP contribution in [0.25, 0.3) is 0 Å². The van der Waals surface area contributed by atoms with Crippen LogP contribution in [0.5, 0.6) is 0 Å². The number of hydrogen-bond acceptors (Lipinski definition) is 1. The third-order valence-corrected chi connectivity index (χ3v) is 3.93. The molecule has 1 aromatic carbocycles. The summed E-state index contributed by atoms with van der Waals surface area (Å²) in [4.78, 5) is 0. The molecule has 0 spiro atoms. The van der Waals surface area contributed by atoms with E-state index in [2.05, 4.69) is 37.3 Å². The third-order valence-electron chi connectivity index (χ3n) is 3.93. The molecule has 1 aromatic rings. The van der Waals surface area contributed by atoms with Crippen molar-refractivity contribution in [1.29, 1.82) is 5.26 Å². The SMILES string of the molecule is CCC=CC1CCC(c2ccc(C#N)cc2)CC1. The number of rotatable bonds is 3. The summed E-state index contributed by atoms with van der Waals surface area (Å²) in [5, 5.41) is 8.80. The van der Waals surface area contributed by atoms with Crippen molar-refractivity contribution in [2.75, 3.05) is 0 Å². The molecule has 1 fully saturated rings.